The van der Waals surface area contributed by atoms with Crippen molar-refractivity contribution in [1.29, 1.82) is 0 Å². The van der Waals surface area contributed by atoms with Gasteiger partial charge in [-0.05, 0) is 47.8 Å². The number of fused-ring (bicyclic) bond motifs is 2. The first-order chi connectivity index (χ1) is 10.4. The molecule has 0 radical (unpaired) electrons. The molecule has 2 aliphatic rings. The second-order valence-electron chi connectivity index (χ2n) is 7.49. The van der Waals surface area contributed by atoms with E-state index in [-0.39, 0.29) is 11.3 Å². The van der Waals surface area contributed by atoms with Crippen LogP contribution in [-0.4, -0.2) is 12.1 Å². The smallest absolute Gasteiger partial charge is 0.267 e. The predicted octanol–water partition coefficient (Wildman–Crippen LogP) is 3.91. The molecule has 116 valence electrons. The van der Waals surface area contributed by atoms with Crippen LogP contribution in [0.3, 0.4) is 0 Å². The fourth-order valence-electron chi connectivity index (χ4n) is 3.37. The van der Waals surface area contributed by atoms with Crippen LogP contribution >= 0.6 is 0 Å². The van der Waals surface area contributed by atoms with Gasteiger partial charge in [-0.25, -0.2) is 5.43 Å². The van der Waals surface area contributed by atoms with Crippen LogP contribution in [0.4, 0.5) is 0 Å². The van der Waals surface area contributed by atoms with Crippen LogP contribution in [0, 0.1) is 17.8 Å². The van der Waals surface area contributed by atoms with Crippen molar-refractivity contribution in [3.8, 4) is 0 Å². The Morgan fingerprint density at radius 3 is 2.45 bits per heavy atom. The predicted molar refractivity (Wildman–Crippen MR) is 89.9 cm³/mol. The number of hydrogen-bond acceptors (Lipinski definition) is 2. The van der Waals surface area contributed by atoms with E-state index in [1.807, 2.05) is 30.5 Å². The molecule has 1 aromatic carbocycles. The van der Waals surface area contributed by atoms with Crippen molar-refractivity contribution in [3.63, 3.8) is 0 Å². The van der Waals surface area contributed by atoms with Crippen LogP contribution in [0.25, 0.3) is 0 Å². The Labute approximate surface area is 132 Å². The molecule has 3 rings (SSSR count). The van der Waals surface area contributed by atoms with Gasteiger partial charge in [0.05, 0.1) is 0 Å². The van der Waals surface area contributed by atoms with E-state index in [1.54, 1.807) is 0 Å². The number of rotatable bonds is 3. The van der Waals surface area contributed by atoms with E-state index in [2.05, 4.69) is 43.5 Å². The zero-order chi connectivity index (χ0) is 15.7. The summed E-state index contributed by atoms with van der Waals surface area (Å²) >= 11 is 0. The van der Waals surface area contributed by atoms with Crippen LogP contribution in [0.15, 0.2) is 41.5 Å². The van der Waals surface area contributed by atoms with Crippen molar-refractivity contribution in [1.82, 2.24) is 5.43 Å². The van der Waals surface area contributed by atoms with E-state index in [0.29, 0.717) is 17.4 Å². The van der Waals surface area contributed by atoms with Gasteiger partial charge in [-0.3, -0.25) is 4.79 Å². The van der Waals surface area contributed by atoms with Crippen LogP contribution in [0.1, 0.15) is 49.5 Å². The monoisotopic (exact) mass is 296 g/mol. The van der Waals surface area contributed by atoms with Gasteiger partial charge in [0.15, 0.2) is 0 Å². The summed E-state index contributed by atoms with van der Waals surface area (Å²) in [6.07, 6.45) is 8.93. The maximum absolute atomic E-state index is 12.1. The Morgan fingerprint density at radius 2 is 1.91 bits per heavy atom. The Bertz CT molecular complexity index is 607. The highest BCUT2D eigenvalue weighted by Crippen LogP contribution is 2.42. The fraction of sp³-hybridized carbons (Fsp3) is 0.474. The maximum atomic E-state index is 12.1. The summed E-state index contributed by atoms with van der Waals surface area (Å²) < 4.78 is 0. The number of amides is 1. The van der Waals surface area contributed by atoms with E-state index in [4.69, 9.17) is 0 Å². The minimum absolute atomic E-state index is 0.0997. The molecule has 2 bridgehead atoms. The Kier molecular flexibility index (Phi) is 3.90. The van der Waals surface area contributed by atoms with E-state index in [0.717, 1.165) is 5.92 Å². The first-order valence-electron chi connectivity index (χ1n) is 8.06. The molecule has 3 atom stereocenters. The molecule has 0 saturated heterocycles. The summed E-state index contributed by atoms with van der Waals surface area (Å²) in [5.74, 6) is 1.69. The molecule has 1 aromatic rings. The average Bonchev–Trinajstić information content (AvgIpc) is 3.09. The van der Waals surface area contributed by atoms with E-state index >= 15 is 0 Å². The molecule has 0 heterocycles. The summed E-state index contributed by atoms with van der Waals surface area (Å²) in [5.41, 5.74) is 4.62. The van der Waals surface area contributed by atoms with Gasteiger partial charge in [-0.15, -0.1) is 0 Å². The number of benzene rings is 1. The van der Waals surface area contributed by atoms with Gasteiger partial charge in [0, 0.05) is 17.7 Å². The number of hydrazone groups is 1. The van der Waals surface area contributed by atoms with Crippen molar-refractivity contribution >= 4 is 12.1 Å². The molecule has 3 heteroatoms. The van der Waals surface area contributed by atoms with Gasteiger partial charge in [-0.1, -0.05) is 45.1 Å². The zero-order valence-electron chi connectivity index (χ0n) is 13.5. The summed E-state index contributed by atoms with van der Waals surface area (Å²) in [5, 5.41) is 4.16. The zero-order valence-corrected chi connectivity index (χ0v) is 13.5. The molecule has 1 N–H and O–H groups in total. The molecular formula is C19H24N2O. The molecule has 22 heavy (non-hydrogen) atoms. The molecule has 1 saturated carbocycles. The summed E-state index contributed by atoms with van der Waals surface area (Å²) in [4.78, 5) is 12.1. The van der Waals surface area contributed by atoms with Gasteiger partial charge in [0.1, 0.15) is 0 Å². The molecule has 1 amide bonds. The largest absolute Gasteiger partial charge is 0.271 e. The maximum Gasteiger partial charge on any atom is 0.271 e. The van der Waals surface area contributed by atoms with Crippen LogP contribution < -0.4 is 5.43 Å². The Hall–Kier alpha value is -1.90. The third-order valence-electron chi connectivity index (χ3n) is 4.78. The van der Waals surface area contributed by atoms with Crippen LogP contribution in [0.2, 0.25) is 0 Å². The lowest BCUT2D eigenvalue weighted by Crippen LogP contribution is -2.20. The number of nitrogens with zero attached hydrogens (tertiary/aromatic N) is 1. The molecule has 1 fully saturated rings. The SMILES string of the molecule is CC(C)(C)c1ccc(C(=O)NN=CC2CC3C=CC2C3)cc1. The molecule has 0 aliphatic heterocycles. The van der Waals surface area contributed by atoms with Gasteiger partial charge in [0.2, 0.25) is 0 Å². The highest BCUT2D eigenvalue weighted by Gasteiger charge is 2.34. The topological polar surface area (TPSA) is 41.5 Å². The summed E-state index contributed by atoms with van der Waals surface area (Å²) in [6, 6.07) is 7.76. The molecule has 3 unspecified atom stereocenters. The van der Waals surface area contributed by atoms with Crippen molar-refractivity contribution in [2.45, 2.75) is 39.0 Å². The van der Waals surface area contributed by atoms with Gasteiger partial charge < -0.3 is 0 Å². The highest BCUT2D eigenvalue weighted by molar-refractivity contribution is 5.94. The highest BCUT2D eigenvalue weighted by atomic mass is 16.2. The fourth-order valence-corrected chi connectivity index (χ4v) is 3.37. The lowest BCUT2D eigenvalue weighted by atomic mass is 9.87. The lowest BCUT2D eigenvalue weighted by Gasteiger charge is -2.18. The van der Waals surface area contributed by atoms with E-state index < -0.39 is 0 Å². The molecule has 3 nitrogen and oxygen atoms in total. The Balaban J connectivity index is 1.57. The molecule has 0 spiro atoms. The Morgan fingerprint density at radius 1 is 1.18 bits per heavy atom. The first-order valence-corrected chi connectivity index (χ1v) is 8.06. The standard InChI is InChI=1S/C19H24N2O/c1-19(2,3)17-8-6-14(7-9-17)18(22)21-20-12-16-11-13-4-5-15(16)10-13/h4-9,12-13,15-16H,10-11H2,1-3H3,(H,21,22). The van der Waals surface area contributed by atoms with E-state index in [9.17, 15) is 4.79 Å². The number of nitrogens with one attached hydrogen (secondary N) is 1. The normalized spacial score (nSPS) is 26.8. The summed E-state index contributed by atoms with van der Waals surface area (Å²) in [6.45, 7) is 6.49. The minimum Gasteiger partial charge on any atom is -0.267 e. The van der Waals surface area contributed by atoms with Crippen molar-refractivity contribution < 1.29 is 4.79 Å². The quantitative estimate of drug-likeness (QED) is 0.513. The van der Waals surface area contributed by atoms with Gasteiger partial charge in [-0.2, -0.15) is 5.10 Å². The number of carbonyl (C=O) groups excluding carboxylic acids is 1. The second-order valence-corrected chi connectivity index (χ2v) is 7.49. The number of hydrogen-bond donors (Lipinski definition) is 1. The second kappa shape index (κ2) is 5.71. The molecule has 0 aromatic heterocycles. The third-order valence-corrected chi connectivity index (χ3v) is 4.78. The van der Waals surface area contributed by atoms with Gasteiger partial charge >= 0.3 is 0 Å². The first kappa shape index (κ1) is 15.0. The summed E-state index contributed by atoms with van der Waals surface area (Å²) in [7, 11) is 0. The van der Waals surface area contributed by atoms with Crippen LogP contribution in [0.5, 0.6) is 0 Å². The number of allylic oxidation sites excluding steroid dienone is 2. The van der Waals surface area contributed by atoms with Crippen molar-refractivity contribution in [2.24, 2.45) is 22.9 Å². The minimum atomic E-state index is -0.143. The molecular weight excluding hydrogens is 272 g/mol. The van der Waals surface area contributed by atoms with Crippen LogP contribution in [-0.2, 0) is 5.41 Å². The van der Waals surface area contributed by atoms with Crippen molar-refractivity contribution in [2.75, 3.05) is 0 Å². The molecule has 2 aliphatic carbocycles. The lowest BCUT2D eigenvalue weighted by molar-refractivity contribution is 0.0955. The van der Waals surface area contributed by atoms with E-state index in [1.165, 1.54) is 18.4 Å². The third kappa shape index (κ3) is 3.13. The number of carbonyl (C=O) groups is 1. The van der Waals surface area contributed by atoms with Crippen molar-refractivity contribution in [3.05, 3.63) is 47.5 Å². The average molecular weight is 296 g/mol. The van der Waals surface area contributed by atoms with Gasteiger partial charge in [0.25, 0.3) is 5.91 Å².